The van der Waals surface area contributed by atoms with Gasteiger partial charge in [0, 0.05) is 10.9 Å². The van der Waals surface area contributed by atoms with Crippen LogP contribution >= 0.6 is 15.9 Å². The second-order valence-corrected chi connectivity index (χ2v) is 4.97. The van der Waals surface area contributed by atoms with Gasteiger partial charge in [0.1, 0.15) is 19.0 Å². The molecule has 0 spiro atoms. The molecule has 0 aliphatic heterocycles. The minimum atomic E-state index is -4.30. The zero-order chi connectivity index (χ0) is 15.3. The van der Waals surface area contributed by atoms with E-state index in [0.29, 0.717) is 11.1 Å². The number of alkyl halides is 4. The Bertz CT molecular complexity index is 599. The van der Waals surface area contributed by atoms with E-state index >= 15 is 0 Å². The predicted octanol–water partition coefficient (Wildman–Crippen LogP) is 4.69. The first-order chi connectivity index (χ1) is 10.0. The standard InChI is InChI=1S/C15H14BrF3O2/c16-9-13-12-4-2-1-3-11(12)5-6-14(13)21-8-7-20-10-15(17,18)19/h1-6H,7-10H2. The molecule has 0 saturated carbocycles. The van der Waals surface area contributed by atoms with Crippen molar-refractivity contribution in [1.29, 1.82) is 0 Å². The monoisotopic (exact) mass is 362 g/mol. The summed E-state index contributed by atoms with van der Waals surface area (Å²) >= 11 is 3.42. The third kappa shape index (κ3) is 4.61. The molecule has 2 aromatic rings. The maximum absolute atomic E-state index is 11.9. The quantitative estimate of drug-likeness (QED) is 0.548. The van der Waals surface area contributed by atoms with E-state index in [1.807, 2.05) is 36.4 Å². The fraction of sp³-hybridized carbons (Fsp3) is 0.333. The van der Waals surface area contributed by atoms with E-state index in [9.17, 15) is 13.2 Å². The van der Waals surface area contributed by atoms with Crippen LogP contribution in [0.1, 0.15) is 5.56 Å². The van der Waals surface area contributed by atoms with Crippen LogP contribution in [-0.4, -0.2) is 26.0 Å². The normalized spacial score (nSPS) is 11.8. The van der Waals surface area contributed by atoms with Gasteiger partial charge in [0.25, 0.3) is 0 Å². The van der Waals surface area contributed by atoms with Crippen LogP contribution in [0.2, 0.25) is 0 Å². The van der Waals surface area contributed by atoms with Crippen molar-refractivity contribution in [3.63, 3.8) is 0 Å². The Kier molecular flexibility index (Phi) is 5.47. The summed E-state index contributed by atoms with van der Waals surface area (Å²) in [5.74, 6) is 0.654. The molecule has 0 unspecified atom stereocenters. The number of ether oxygens (including phenoxy) is 2. The highest BCUT2D eigenvalue weighted by Crippen LogP contribution is 2.30. The second kappa shape index (κ2) is 7.13. The Balaban J connectivity index is 1.99. The number of benzene rings is 2. The molecule has 0 aliphatic carbocycles. The molecule has 0 radical (unpaired) electrons. The van der Waals surface area contributed by atoms with Crippen molar-refractivity contribution < 1.29 is 22.6 Å². The van der Waals surface area contributed by atoms with Crippen LogP contribution in [0.4, 0.5) is 13.2 Å². The summed E-state index contributed by atoms with van der Waals surface area (Å²) in [5.41, 5.74) is 0.976. The van der Waals surface area contributed by atoms with E-state index in [4.69, 9.17) is 4.74 Å². The lowest BCUT2D eigenvalue weighted by molar-refractivity contribution is -0.175. The van der Waals surface area contributed by atoms with E-state index in [2.05, 4.69) is 20.7 Å². The molecular formula is C15H14BrF3O2. The molecule has 6 heteroatoms. The molecule has 0 saturated heterocycles. The third-order valence-corrected chi connectivity index (χ3v) is 3.44. The lowest BCUT2D eigenvalue weighted by Crippen LogP contribution is -2.19. The molecule has 2 aromatic carbocycles. The van der Waals surface area contributed by atoms with Crippen molar-refractivity contribution in [3.05, 3.63) is 42.0 Å². The Labute approximate surface area is 129 Å². The number of fused-ring (bicyclic) bond motifs is 1. The first kappa shape index (κ1) is 16.1. The van der Waals surface area contributed by atoms with E-state index in [1.54, 1.807) is 0 Å². The van der Waals surface area contributed by atoms with Crippen LogP contribution in [0.25, 0.3) is 10.8 Å². The van der Waals surface area contributed by atoms with Crippen LogP contribution in [0.3, 0.4) is 0 Å². The fourth-order valence-corrected chi connectivity index (χ4v) is 2.57. The largest absolute Gasteiger partial charge is 0.491 e. The van der Waals surface area contributed by atoms with Gasteiger partial charge >= 0.3 is 6.18 Å². The number of hydrogen-bond acceptors (Lipinski definition) is 2. The summed E-state index contributed by atoms with van der Waals surface area (Å²) in [5, 5.41) is 2.75. The third-order valence-electron chi connectivity index (χ3n) is 2.88. The molecule has 0 aliphatic rings. The van der Waals surface area contributed by atoms with Crippen molar-refractivity contribution in [3.8, 4) is 5.75 Å². The molecule has 0 N–H and O–H groups in total. The molecule has 2 rings (SSSR count). The van der Waals surface area contributed by atoms with Crippen molar-refractivity contribution >= 4 is 26.7 Å². The molecular weight excluding hydrogens is 349 g/mol. The molecule has 114 valence electrons. The van der Waals surface area contributed by atoms with E-state index < -0.39 is 12.8 Å². The maximum Gasteiger partial charge on any atom is 0.411 e. The molecule has 0 atom stereocenters. The highest BCUT2D eigenvalue weighted by Gasteiger charge is 2.27. The number of rotatable bonds is 6. The lowest BCUT2D eigenvalue weighted by atomic mass is 10.0. The van der Waals surface area contributed by atoms with Crippen LogP contribution in [0.5, 0.6) is 5.75 Å². The van der Waals surface area contributed by atoms with E-state index in [0.717, 1.165) is 16.3 Å². The van der Waals surface area contributed by atoms with E-state index in [-0.39, 0.29) is 13.2 Å². The molecule has 2 nitrogen and oxygen atoms in total. The minimum absolute atomic E-state index is 0.0778. The fourth-order valence-electron chi connectivity index (χ4n) is 1.99. The Morgan fingerprint density at radius 3 is 2.48 bits per heavy atom. The zero-order valence-electron chi connectivity index (χ0n) is 11.1. The Hall–Kier alpha value is -1.27. The van der Waals surface area contributed by atoms with E-state index in [1.165, 1.54) is 0 Å². The first-order valence-electron chi connectivity index (χ1n) is 6.35. The van der Waals surface area contributed by atoms with Crippen molar-refractivity contribution in [2.45, 2.75) is 11.5 Å². The molecule has 0 amide bonds. The van der Waals surface area contributed by atoms with Gasteiger partial charge in [0.2, 0.25) is 0 Å². The van der Waals surface area contributed by atoms with Crippen molar-refractivity contribution in [2.24, 2.45) is 0 Å². The molecule has 0 bridgehead atoms. The number of hydrogen-bond donors (Lipinski definition) is 0. The topological polar surface area (TPSA) is 18.5 Å². The zero-order valence-corrected chi connectivity index (χ0v) is 12.7. The molecule has 0 heterocycles. The predicted molar refractivity (Wildman–Crippen MR) is 78.9 cm³/mol. The van der Waals surface area contributed by atoms with Gasteiger partial charge in [0.05, 0.1) is 6.61 Å². The summed E-state index contributed by atoms with van der Waals surface area (Å²) in [6.45, 7) is -1.28. The van der Waals surface area contributed by atoms with Crippen molar-refractivity contribution in [1.82, 2.24) is 0 Å². The van der Waals surface area contributed by atoms with Gasteiger partial charge < -0.3 is 9.47 Å². The summed E-state index contributed by atoms with van der Waals surface area (Å²) < 4.78 is 45.8. The second-order valence-electron chi connectivity index (χ2n) is 4.41. The Morgan fingerprint density at radius 2 is 1.76 bits per heavy atom. The van der Waals surface area contributed by atoms with Gasteiger partial charge in [0.15, 0.2) is 0 Å². The number of halogens is 4. The smallest absolute Gasteiger partial charge is 0.411 e. The average molecular weight is 363 g/mol. The SMILES string of the molecule is FC(F)(F)COCCOc1ccc2ccccc2c1CBr. The van der Waals surface area contributed by atoms with Gasteiger partial charge in [-0.3, -0.25) is 0 Å². The molecule has 0 fully saturated rings. The van der Waals surface area contributed by atoms with Gasteiger partial charge in [-0.2, -0.15) is 13.2 Å². The van der Waals surface area contributed by atoms with Crippen molar-refractivity contribution in [2.75, 3.05) is 19.8 Å². The van der Waals surface area contributed by atoms with Crippen LogP contribution in [-0.2, 0) is 10.1 Å². The Morgan fingerprint density at radius 1 is 1.00 bits per heavy atom. The summed E-state index contributed by atoms with van der Waals surface area (Å²) in [6.07, 6.45) is -4.30. The van der Waals surface area contributed by atoms with Gasteiger partial charge in [-0.25, -0.2) is 0 Å². The van der Waals surface area contributed by atoms with Gasteiger partial charge in [-0.05, 0) is 16.8 Å². The highest BCUT2D eigenvalue weighted by molar-refractivity contribution is 9.08. The van der Waals surface area contributed by atoms with Gasteiger partial charge in [-0.1, -0.05) is 46.3 Å². The summed E-state index contributed by atoms with van der Waals surface area (Å²) in [4.78, 5) is 0. The minimum Gasteiger partial charge on any atom is -0.491 e. The van der Waals surface area contributed by atoms with Crippen LogP contribution in [0, 0.1) is 0 Å². The van der Waals surface area contributed by atoms with Gasteiger partial charge in [-0.15, -0.1) is 0 Å². The molecule has 0 aromatic heterocycles. The molecule has 21 heavy (non-hydrogen) atoms. The average Bonchev–Trinajstić information content (AvgIpc) is 2.45. The summed E-state index contributed by atoms with van der Waals surface area (Å²) in [7, 11) is 0. The highest BCUT2D eigenvalue weighted by atomic mass is 79.9. The van der Waals surface area contributed by atoms with Crippen LogP contribution in [0.15, 0.2) is 36.4 Å². The lowest BCUT2D eigenvalue weighted by Gasteiger charge is -2.13. The van der Waals surface area contributed by atoms with Crippen LogP contribution < -0.4 is 4.74 Å². The maximum atomic E-state index is 11.9. The summed E-state index contributed by atoms with van der Waals surface area (Å²) in [6, 6.07) is 11.6. The first-order valence-corrected chi connectivity index (χ1v) is 7.47.